The van der Waals surface area contributed by atoms with Crippen molar-refractivity contribution in [3.8, 4) is 0 Å². The topological polar surface area (TPSA) is 41.6 Å². The highest BCUT2D eigenvalue weighted by atomic mass is 127. The summed E-state index contributed by atoms with van der Waals surface area (Å²) in [6.45, 7) is 3.47. The first-order valence-electron chi connectivity index (χ1n) is 7.22. The van der Waals surface area contributed by atoms with E-state index in [4.69, 9.17) is 4.74 Å². The minimum atomic E-state index is -0.0486. The lowest BCUT2D eigenvalue weighted by atomic mass is 10.1. The Bertz CT molecular complexity index is 540. The van der Waals surface area contributed by atoms with Crippen LogP contribution in [-0.2, 0) is 4.74 Å². The molecule has 21 heavy (non-hydrogen) atoms. The summed E-state index contributed by atoms with van der Waals surface area (Å²) in [6, 6.07) is 6.36. The van der Waals surface area contributed by atoms with Crippen LogP contribution in [0.2, 0.25) is 0 Å². The molecule has 2 aliphatic rings. The number of amides is 1. The summed E-state index contributed by atoms with van der Waals surface area (Å²) in [5, 5.41) is 2.99. The van der Waals surface area contributed by atoms with Crippen molar-refractivity contribution < 1.29 is 9.53 Å². The molecule has 1 aromatic rings. The fourth-order valence-corrected chi connectivity index (χ4v) is 3.90. The van der Waals surface area contributed by atoms with Crippen molar-refractivity contribution in [1.29, 1.82) is 0 Å². The van der Waals surface area contributed by atoms with Gasteiger partial charge in [-0.1, -0.05) is 0 Å². The maximum absolute atomic E-state index is 12.3. The lowest BCUT2D eigenvalue weighted by molar-refractivity contribution is -0.0461. The summed E-state index contributed by atoms with van der Waals surface area (Å²) in [5.41, 5.74) is 0.678. The fraction of sp³-hybridized carbons (Fsp3) is 0.533. The Morgan fingerprint density at radius 3 is 3.24 bits per heavy atom. The lowest BCUT2D eigenvalue weighted by Crippen LogP contribution is -2.50. The zero-order chi connectivity index (χ0) is 14.8. The molecule has 2 atom stereocenters. The summed E-state index contributed by atoms with van der Waals surface area (Å²) in [7, 11) is 0. The minimum absolute atomic E-state index is 0.0486. The molecule has 2 aliphatic heterocycles. The second-order valence-corrected chi connectivity index (χ2v) is 7.68. The van der Waals surface area contributed by atoms with Gasteiger partial charge in [0.2, 0.25) is 0 Å². The number of rotatable bonds is 3. The van der Waals surface area contributed by atoms with Crippen LogP contribution in [0.15, 0.2) is 22.7 Å². The number of hydrogen-bond donors (Lipinski definition) is 1. The molecule has 0 bridgehead atoms. The van der Waals surface area contributed by atoms with Crippen LogP contribution >= 0.6 is 38.5 Å². The van der Waals surface area contributed by atoms with E-state index >= 15 is 0 Å². The van der Waals surface area contributed by atoms with E-state index in [1.165, 1.54) is 19.4 Å². The van der Waals surface area contributed by atoms with Gasteiger partial charge in [-0.2, -0.15) is 0 Å². The van der Waals surface area contributed by atoms with Gasteiger partial charge in [-0.3, -0.25) is 9.69 Å². The van der Waals surface area contributed by atoms with Crippen LogP contribution < -0.4 is 5.32 Å². The molecule has 0 radical (unpaired) electrons. The standard InChI is InChI=1S/C15H18BrIN2O2/c16-14-4-3-10(17)6-13(14)15(20)18-7-12-8-19-5-1-2-11(19)9-21-12/h3-4,6,11-12H,1-2,5,7-9H2,(H,18,20). The van der Waals surface area contributed by atoms with E-state index in [1.807, 2.05) is 18.2 Å². The molecule has 4 nitrogen and oxygen atoms in total. The molecule has 1 amide bonds. The third-order valence-corrected chi connectivity index (χ3v) is 5.49. The van der Waals surface area contributed by atoms with Gasteiger partial charge in [0.15, 0.2) is 0 Å². The Kier molecular flexibility index (Phi) is 5.19. The molecule has 0 saturated carbocycles. The van der Waals surface area contributed by atoms with Crippen molar-refractivity contribution in [2.45, 2.75) is 25.0 Å². The highest BCUT2D eigenvalue weighted by Gasteiger charge is 2.32. The first-order valence-corrected chi connectivity index (χ1v) is 9.09. The molecule has 2 fully saturated rings. The van der Waals surface area contributed by atoms with Crippen LogP contribution in [0, 0.1) is 3.57 Å². The molecule has 2 heterocycles. The van der Waals surface area contributed by atoms with Crippen LogP contribution in [0.1, 0.15) is 23.2 Å². The van der Waals surface area contributed by atoms with E-state index < -0.39 is 0 Å². The number of benzene rings is 1. The first kappa shape index (κ1) is 15.7. The number of ether oxygens (including phenoxy) is 1. The zero-order valence-electron chi connectivity index (χ0n) is 11.6. The van der Waals surface area contributed by atoms with E-state index in [0.717, 1.165) is 21.2 Å². The van der Waals surface area contributed by atoms with Gasteiger partial charge in [0.25, 0.3) is 5.91 Å². The van der Waals surface area contributed by atoms with Gasteiger partial charge in [-0.25, -0.2) is 0 Å². The van der Waals surface area contributed by atoms with Crippen LogP contribution in [0.5, 0.6) is 0 Å². The summed E-state index contributed by atoms with van der Waals surface area (Å²) in [6.07, 6.45) is 2.61. The Morgan fingerprint density at radius 1 is 1.52 bits per heavy atom. The van der Waals surface area contributed by atoms with Crippen LogP contribution in [0.4, 0.5) is 0 Å². The van der Waals surface area contributed by atoms with Gasteiger partial charge >= 0.3 is 0 Å². The van der Waals surface area contributed by atoms with Crippen LogP contribution in [0.3, 0.4) is 0 Å². The first-order chi connectivity index (χ1) is 10.1. The van der Waals surface area contributed by atoms with Gasteiger partial charge in [0, 0.05) is 27.2 Å². The van der Waals surface area contributed by atoms with E-state index in [1.54, 1.807) is 0 Å². The average Bonchev–Trinajstić information content (AvgIpc) is 2.94. The van der Waals surface area contributed by atoms with E-state index in [0.29, 0.717) is 18.2 Å². The molecule has 3 rings (SSSR count). The SMILES string of the molecule is O=C(NCC1CN2CCCC2CO1)c1cc(I)ccc1Br. The van der Waals surface area contributed by atoms with Crippen molar-refractivity contribution in [2.75, 3.05) is 26.2 Å². The summed E-state index contributed by atoms with van der Waals surface area (Å²) >= 11 is 5.64. The van der Waals surface area contributed by atoms with Crippen LogP contribution in [-0.4, -0.2) is 49.2 Å². The molecule has 0 aromatic heterocycles. The number of halogens is 2. The van der Waals surface area contributed by atoms with Gasteiger partial charge in [0.1, 0.15) is 0 Å². The second-order valence-electron chi connectivity index (χ2n) is 5.58. The maximum atomic E-state index is 12.3. The van der Waals surface area contributed by atoms with Crippen molar-refractivity contribution in [3.63, 3.8) is 0 Å². The monoisotopic (exact) mass is 464 g/mol. The fourth-order valence-electron chi connectivity index (χ4n) is 2.98. The smallest absolute Gasteiger partial charge is 0.252 e. The molecule has 2 unspecified atom stereocenters. The highest BCUT2D eigenvalue weighted by Crippen LogP contribution is 2.23. The largest absolute Gasteiger partial charge is 0.373 e. The van der Waals surface area contributed by atoms with Gasteiger partial charge in [-0.15, -0.1) is 0 Å². The molecule has 6 heteroatoms. The van der Waals surface area contributed by atoms with Crippen LogP contribution in [0.25, 0.3) is 0 Å². The van der Waals surface area contributed by atoms with E-state index in [9.17, 15) is 4.79 Å². The third kappa shape index (κ3) is 3.78. The summed E-state index contributed by atoms with van der Waals surface area (Å²) in [4.78, 5) is 14.8. The van der Waals surface area contributed by atoms with Crippen molar-refractivity contribution in [3.05, 3.63) is 31.8 Å². The number of morpholine rings is 1. The summed E-state index contributed by atoms with van der Waals surface area (Å²) in [5.74, 6) is -0.0486. The Morgan fingerprint density at radius 2 is 2.38 bits per heavy atom. The zero-order valence-corrected chi connectivity index (χ0v) is 15.4. The van der Waals surface area contributed by atoms with Gasteiger partial charge < -0.3 is 10.1 Å². The molecule has 1 N–H and O–H groups in total. The van der Waals surface area contributed by atoms with Gasteiger partial charge in [0.05, 0.1) is 18.3 Å². The quantitative estimate of drug-likeness (QED) is 0.699. The molecular weight excluding hydrogens is 447 g/mol. The molecule has 0 spiro atoms. The lowest BCUT2D eigenvalue weighted by Gasteiger charge is -2.35. The average molecular weight is 465 g/mol. The predicted octanol–water partition coefficient (Wildman–Crippen LogP) is 2.65. The van der Waals surface area contributed by atoms with Crippen molar-refractivity contribution in [1.82, 2.24) is 10.2 Å². The molecular formula is C15H18BrIN2O2. The second kappa shape index (κ2) is 6.93. The molecule has 114 valence electrons. The van der Waals surface area contributed by atoms with Crippen molar-refractivity contribution in [2.24, 2.45) is 0 Å². The Hall–Kier alpha value is -0.180. The number of nitrogens with one attached hydrogen (secondary N) is 1. The van der Waals surface area contributed by atoms with E-state index in [2.05, 4.69) is 48.7 Å². The van der Waals surface area contributed by atoms with E-state index in [-0.39, 0.29) is 12.0 Å². The molecule has 1 aromatic carbocycles. The molecule has 2 saturated heterocycles. The molecule has 0 aliphatic carbocycles. The number of nitrogens with zero attached hydrogens (tertiary/aromatic N) is 1. The number of carbonyl (C=O) groups is 1. The third-order valence-electron chi connectivity index (χ3n) is 4.12. The number of carbonyl (C=O) groups excluding carboxylic acids is 1. The predicted molar refractivity (Wildman–Crippen MR) is 93.5 cm³/mol. The summed E-state index contributed by atoms with van der Waals surface area (Å²) < 4.78 is 7.74. The highest BCUT2D eigenvalue weighted by molar-refractivity contribution is 14.1. The Balaban J connectivity index is 1.55. The number of hydrogen-bond acceptors (Lipinski definition) is 3. The minimum Gasteiger partial charge on any atom is -0.373 e. The normalized spacial score (nSPS) is 25.6. The number of fused-ring (bicyclic) bond motifs is 1. The Labute approximate surface area is 146 Å². The van der Waals surface area contributed by atoms with Gasteiger partial charge in [-0.05, 0) is 76.1 Å². The van der Waals surface area contributed by atoms with Crippen molar-refractivity contribution >= 4 is 44.4 Å². The maximum Gasteiger partial charge on any atom is 0.252 e.